The van der Waals surface area contributed by atoms with Crippen molar-refractivity contribution < 1.29 is 31.9 Å². The van der Waals surface area contributed by atoms with Gasteiger partial charge in [0, 0.05) is 34.9 Å². The van der Waals surface area contributed by atoms with Gasteiger partial charge in [-0.3, -0.25) is 0 Å². The maximum absolute atomic E-state index is 8.07. The first-order valence-corrected chi connectivity index (χ1v) is 4.75. The Hall–Kier alpha value is 0.924. The van der Waals surface area contributed by atoms with E-state index in [-0.39, 0.29) is 34.1 Å². The van der Waals surface area contributed by atoms with Crippen LogP contribution in [0.5, 0.6) is 0 Å². The molecule has 0 fully saturated rings. The standard InChI is InChI=1S/2C4H10O.C2H5.ClH.Ti/c2*1-2-3-4-5;1-2;;/h2*5H,2-4H2,1H3;1H2,2H3;1H;/q;;-1;;. The minimum absolute atomic E-state index is 0. The Balaban J connectivity index is -0.0000000292. The van der Waals surface area contributed by atoms with Crippen LogP contribution in [0.3, 0.4) is 0 Å². The van der Waals surface area contributed by atoms with Crippen LogP contribution in [0.1, 0.15) is 46.5 Å². The molecule has 14 heavy (non-hydrogen) atoms. The van der Waals surface area contributed by atoms with Gasteiger partial charge in [-0.05, 0) is 12.8 Å². The summed E-state index contributed by atoms with van der Waals surface area (Å²) < 4.78 is 0. The van der Waals surface area contributed by atoms with E-state index < -0.39 is 0 Å². The fourth-order valence-corrected chi connectivity index (χ4v) is 0.316. The zero-order valence-electron chi connectivity index (χ0n) is 9.75. The van der Waals surface area contributed by atoms with Gasteiger partial charge in [0.15, 0.2) is 0 Å². The number of rotatable bonds is 4. The minimum atomic E-state index is 0. The summed E-state index contributed by atoms with van der Waals surface area (Å²) in [5.41, 5.74) is 0. The number of unbranched alkanes of at least 4 members (excludes halogenated alkanes) is 2. The average molecular weight is 262 g/mol. The predicted molar refractivity (Wildman–Crippen MR) is 62.3 cm³/mol. The molecule has 0 heterocycles. The first-order chi connectivity index (χ1) is 5.83. The number of halogens is 1. The second kappa shape index (κ2) is 48.5. The van der Waals surface area contributed by atoms with E-state index in [1.54, 1.807) is 6.92 Å². The smallest absolute Gasteiger partial charge is 0.0430 e. The Morgan fingerprint density at radius 2 is 1.07 bits per heavy atom. The van der Waals surface area contributed by atoms with E-state index in [1.807, 2.05) is 0 Å². The molecule has 0 aliphatic rings. The van der Waals surface area contributed by atoms with Gasteiger partial charge in [0.2, 0.25) is 0 Å². The van der Waals surface area contributed by atoms with Gasteiger partial charge < -0.3 is 17.1 Å². The van der Waals surface area contributed by atoms with Crippen LogP contribution >= 0.6 is 12.4 Å². The Bertz CT molecular complexity index is 39.1. The van der Waals surface area contributed by atoms with Gasteiger partial charge in [0.05, 0.1) is 0 Å². The van der Waals surface area contributed by atoms with Crippen LogP contribution in [-0.2, 0) is 21.7 Å². The van der Waals surface area contributed by atoms with Crippen molar-refractivity contribution in [3.05, 3.63) is 6.92 Å². The summed E-state index contributed by atoms with van der Waals surface area (Å²) in [6.45, 7) is 9.79. The van der Waals surface area contributed by atoms with E-state index in [4.69, 9.17) is 10.2 Å². The fraction of sp³-hybridized carbons (Fsp3) is 0.900. The molecule has 0 atom stereocenters. The summed E-state index contributed by atoms with van der Waals surface area (Å²) in [7, 11) is 0. The summed E-state index contributed by atoms with van der Waals surface area (Å²) in [4.78, 5) is 0. The van der Waals surface area contributed by atoms with E-state index >= 15 is 0 Å². The first kappa shape index (κ1) is 29.4. The summed E-state index contributed by atoms with van der Waals surface area (Å²) in [5.74, 6) is 0. The molecule has 0 amide bonds. The van der Waals surface area contributed by atoms with Crippen molar-refractivity contribution in [2.24, 2.45) is 0 Å². The molecule has 2 nitrogen and oxygen atoms in total. The van der Waals surface area contributed by atoms with Crippen molar-refractivity contribution in [1.82, 2.24) is 0 Å². The van der Waals surface area contributed by atoms with Gasteiger partial charge in [-0.2, -0.15) is 6.92 Å². The maximum atomic E-state index is 8.07. The van der Waals surface area contributed by atoms with Crippen molar-refractivity contribution in [3.8, 4) is 0 Å². The normalized spacial score (nSPS) is 6.43. The zero-order chi connectivity index (χ0) is 10.2. The van der Waals surface area contributed by atoms with Crippen LogP contribution in [0.15, 0.2) is 0 Å². The maximum Gasteiger partial charge on any atom is 0.0430 e. The molecule has 0 saturated carbocycles. The third-order valence-electron chi connectivity index (χ3n) is 1.02. The Labute approximate surface area is 111 Å². The fourth-order valence-electron chi connectivity index (χ4n) is 0.316. The summed E-state index contributed by atoms with van der Waals surface area (Å²) in [5, 5.41) is 16.1. The van der Waals surface area contributed by atoms with Gasteiger partial charge in [-0.1, -0.05) is 26.7 Å². The number of aliphatic hydroxyl groups is 2. The van der Waals surface area contributed by atoms with Crippen LogP contribution in [-0.4, -0.2) is 23.4 Å². The van der Waals surface area contributed by atoms with Crippen LogP contribution in [0.2, 0.25) is 0 Å². The third-order valence-corrected chi connectivity index (χ3v) is 1.02. The Kier molecular flexibility index (Phi) is 102. The van der Waals surface area contributed by atoms with Crippen LogP contribution in [0.25, 0.3) is 0 Å². The molecule has 90 valence electrons. The molecule has 0 aliphatic heterocycles. The van der Waals surface area contributed by atoms with E-state index in [1.165, 1.54) is 0 Å². The molecule has 0 aromatic rings. The first-order valence-electron chi connectivity index (χ1n) is 4.75. The minimum Gasteiger partial charge on any atom is -0.396 e. The summed E-state index contributed by atoms with van der Waals surface area (Å²) in [6.07, 6.45) is 4.08. The van der Waals surface area contributed by atoms with Crippen molar-refractivity contribution >= 4 is 12.4 Å². The molecule has 0 aromatic heterocycles. The quantitative estimate of drug-likeness (QED) is 0.603. The van der Waals surface area contributed by atoms with Crippen LogP contribution < -0.4 is 0 Å². The van der Waals surface area contributed by atoms with Crippen molar-refractivity contribution in [2.75, 3.05) is 13.2 Å². The molecule has 0 spiro atoms. The van der Waals surface area contributed by atoms with E-state index in [2.05, 4.69) is 20.8 Å². The van der Waals surface area contributed by atoms with Crippen molar-refractivity contribution in [1.29, 1.82) is 0 Å². The zero-order valence-corrected chi connectivity index (χ0v) is 12.1. The Morgan fingerprint density at radius 1 is 0.857 bits per heavy atom. The van der Waals surface area contributed by atoms with Crippen molar-refractivity contribution in [2.45, 2.75) is 46.5 Å². The molecular formula is C10H26ClO2Ti-. The molecule has 0 saturated heterocycles. The van der Waals surface area contributed by atoms with E-state index in [0.29, 0.717) is 13.2 Å². The van der Waals surface area contributed by atoms with Crippen LogP contribution in [0.4, 0.5) is 0 Å². The molecule has 0 radical (unpaired) electrons. The van der Waals surface area contributed by atoms with E-state index in [0.717, 1.165) is 25.7 Å². The average Bonchev–Trinajstić information content (AvgIpc) is 2.12. The molecular weight excluding hydrogens is 235 g/mol. The van der Waals surface area contributed by atoms with Gasteiger partial charge >= 0.3 is 0 Å². The number of hydrogen-bond acceptors (Lipinski definition) is 2. The largest absolute Gasteiger partial charge is 0.396 e. The second-order valence-electron chi connectivity index (χ2n) is 2.15. The van der Waals surface area contributed by atoms with Gasteiger partial charge in [-0.15, -0.1) is 12.4 Å². The van der Waals surface area contributed by atoms with Crippen molar-refractivity contribution in [3.63, 3.8) is 0 Å². The predicted octanol–water partition coefficient (Wildman–Crippen LogP) is 2.82. The van der Waals surface area contributed by atoms with Gasteiger partial charge in [-0.25, -0.2) is 0 Å². The SMILES string of the molecule is CCCCO.CCCCO.Cl.[CH2-]C.[Ti]. The molecule has 0 rings (SSSR count). The van der Waals surface area contributed by atoms with Crippen LogP contribution in [0, 0.1) is 6.92 Å². The monoisotopic (exact) mass is 261 g/mol. The topological polar surface area (TPSA) is 40.5 Å². The van der Waals surface area contributed by atoms with E-state index in [9.17, 15) is 0 Å². The van der Waals surface area contributed by atoms with Gasteiger partial charge in [0.1, 0.15) is 0 Å². The molecule has 2 N–H and O–H groups in total. The number of hydrogen-bond donors (Lipinski definition) is 2. The molecule has 0 bridgehead atoms. The summed E-state index contributed by atoms with van der Waals surface area (Å²) in [6, 6.07) is 0. The third kappa shape index (κ3) is 75.8. The molecule has 0 aromatic carbocycles. The molecule has 0 aliphatic carbocycles. The Morgan fingerprint density at radius 3 is 1.07 bits per heavy atom. The second-order valence-corrected chi connectivity index (χ2v) is 2.15. The van der Waals surface area contributed by atoms with Gasteiger partial charge in [0.25, 0.3) is 0 Å². The molecule has 0 unspecified atom stereocenters. The summed E-state index contributed by atoms with van der Waals surface area (Å²) >= 11 is 0. The number of aliphatic hydroxyl groups excluding tert-OH is 2. The molecule has 4 heteroatoms.